The Bertz CT molecular complexity index is 941. The van der Waals surface area contributed by atoms with Gasteiger partial charge in [0.15, 0.2) is 5.16 Å². The smallest absolute Gasteiger partial charge is 0.191 e. The van der Waals surface area contributed by atoms with Crippen LogP contribution in [0.1, 0.15) is 17.1 Å². The Morgan fingerprint density at radius 2 is 1.80 bits per heavy atom. The quantitative estimate of drug-likeness (QED) is 0.500. The second-order valence-electron chi connectivity index (χ2n) is 5.93. The average Bonchev–Trinajstić information content (AvgIpc) is 3.22. The summed E-state index contributed by atoms with van der Waals surface area (Å²) < 4.78 is 4.13. The standard InChI is InChI=1S/C19H19N5S/c1-23-18(11-10-15-7-3-2-4-8-15)21-22-19(23)25-14-16-13-24-12-6-5-9-17(24)20-16/h2-9,12-13H,10-11,14H2,1H3. The highest BCUT2D eigenvalue weighted by Gasteiger charge is 2.10. The highest BCUT2D eigenvalue weighted by Crippen LogP contribution is 2.21. The normalized spacial score (nSPS) is 11.2. The molecule has 0 unspecified atom stereocenters. The molecule has 0 aliphatic carbocycles. The van der Waals surface area contributed by atoms with Gasteiger partial charge in [-0.2, -0.15) is 0 Å². The van der Waals surface area contributed by atoms with Gasteiger partial charge in [-0.05, 0) is 24.1 Å². The maximum absolute atomic E-state index is 4.62. The lowest BCUT2D eigenvalue weighted by atomic mass is 10.1. The van der Waals surface area contributed by atoms with Crippen LogP contribution in [-0.2, 0) is 25.6 Å². The van der Waals surface area contributed by atoms with E-state index < -0.39 is 0 Å². The fourth-order valence-corrected chi connectivity index (χ4v) is 3.60. The van der Waals surface area contributed by atoms with E-state index in [9.17, 15) is 0 Å². The fourth-order valence-electron chi connectivity index (χ4n) is 2.78. The largest absolute Gasteiger partial charge is 0.309 e. The molecule has 0 amide bonds. The highest BCUT2D eigenvalue weighted by molar-refractivity contribution is 7.98. The van der Waals surface area contributed by atoms with Gasteiger partial charge in [0, 0.05) is 31.6 Å². The van der Waals surface area contributed by atoms with E-state index in [1.807, 2.05) is 41.9 Å². The van der Waals surface area contributed by atoms with Crippen LogP contribution in [0.15, 0.2) is 66.1 Å². The van der Waals surface area contributed by atoms with Crippen LogP contribution < -0.4 is 0 Å². The van der Waals surface area contributed by atoms with Crippen molar-refractivity contribution in [3.63, 3.8) is 0 Å². The number of hydrogen-bond acceptors (Lipinski definition) is 4. The van der Waals surface area contributed by atoms with E-state index in [4.69, 9.17) is 0 Å². The van der Waals surface area contributed by atoms with Crippen molar-refractivity contribution in [1.82, 2.24) is 24.1 Å². The lowest BCUT2D eigenvalue weighted by molar-refractivity contribution is 0.722. The summed E-state index contributed by atoms with van der Waals surface area (Å²) in [6.07, 6.45) is 5.95. The van der Waals surface area contributed by atoms with Crippen molar-refractivity contribution < 1.29 is 0 Å². The molecule has 4 aromatic rings. The topological polar surface area (TPSA) is 48.0 Å². The molecular formula is C19H19N5S. The molecule has 0 N–H and O–H groups in total. The van der Waals surface area contributed by atoms with Crippen molar-refractivity contribution in [1.29, 1.82) is 0 Å². The Balaban J connectivity index is 1.40. The Morgan fingerprint density at radius 1 is 0.960 bits per heavy atom. The van der Waals surface area contributed by atoms with Gasteiger partial charge < -0.3 is 8.97 Å². The first-order chi connectivity index (χ1) is 12.3. The van der Waals surface area contributed by atoms with Crippen LogP contribution in [-0.4, -0.2) is 24.1 Å². The number of pyridine rings is 1. The van der Waals surface area contributed by atoms with Crippen LogP contribution in [0, 0.1) is 0 Å². The lowest BCUT2D eigenvalue weighted by Crippen LogP contribution is -2.01. The van der Waals surface area contributed by atoms with Crippen molar-refractivity contribution in [2.24, 2.45) is 7.05 Å². The summed E-state index contributed by atoms with van der Waals surface area (Å²) in [5, 5.41) is 9.62. The molecule has 1 aromatic carbocycles. The van der Waals surface area contributed by atoms with E-state index in [1.165, 1.54) is 5.56 Å². The molecule has 0 atom stereocenters. The number of aryl methyl sites for hydroxylation is 2. The summed E-state index contributed by atoms with van der Waals surface area (Å²) in [5.74, 6) is 1.80. The van der Waals surface area contributed by atoms with E-state index in [2.05, 4.69) is 50.2 Å². The Kier molecular flexibility index (Phi) is 4.52. The zero-order chi connectivity index (χ0) is 17.1. The maximum atomic E-state index is 4.62. The molecule has 0 aliphatic heterocycles. The van der Waals surface area contributed by atoms with Crippen LogP contribution in [0.3, 0.4) is 0 Å². The highest BCUT2D eigenvalue weighted by atomic mass is 32.2. The molecule has 25 heavy (non-hydrogen) atoms. The lowest BCUT2D eigenvalue weighted by Gasteiger charge is -2.03. The number of rotatable bonds is 6. The van der Waals surface area contributed by atoms with Crippen LogP contribution >= 0.6 is 11.8 Å². The zero-order valence-corrected chi connectivity index (χ0v) is 14.9. The Labute approximate surface area is 150 Å². The van der Waals surface area contributed by atoms with Crippen molar-refractivity contribution >= 4 is 17.4 Å². The van der Waals surface area contributed by atoms with Gasteiger partial charge in [-0.25, -0.2) is 4.98 Å². The summed E-state index contributed by atoms with van der Waals surface area (Å²) >= 11 is 1.67. The van der Waals surface area contributed by atoms with Gasteiger partial charge in [0.2, 0.25) is 0 Å². The van der Waals surface area contributed by atoms with Crippen molar-refractivity contribution in [3.05, 3.63) is 78.0 Å². The van der Waals surface area contributed by atoms with Gasteiger partial charge in [0.25, 0.3) is 0 Å². The first kappa shape index (κ1) is 15.9. The molecule has 5 nitrogen and oxygen atoms in total. The third kappa shape index (κ3) is 3.58. The SMILES string of the molecule is Cn1c(CCc2ccccc2)nnc1SCc1cn2ccccc2n1. The van der Waals surface area contributed by atoms with E-state index >= 15 is 0 Å². The molecule has 0 radical (unpaired) electrons. The van der Waals surface area contributed by atoms with Crippen molar-refractivity contribution in [2.45, 2.75) is 23.8 Å². The average molecular weight is 349 g/mol. The van der Waals surface area contributed by atoms with Gasteiger partial charge >= 0.3 is 0 Å². The maximum Gasteiger partial charge on any atom is 0.191 e. The van der Waals surface area contributed by atoms with Gasteiger partial charge in [0.05, 0.1) is 5.69 Å². The number of nitrogens with zero attached hydrogens (tertiary/aromatic N) is 5. The summed E-state index contributed by atoms with van der Waals surface area (Å²) in [5.41, 5.74) is 3.34. The number of benzene rings is 1. The Hall–Kier alpha value is -2.60. The molecule has 0 saturated carbocycles. The van der Waals surface area contributed by atoms with Crippen molar-refractivity contribution in [2.75, 3.05) is 0 Å². The minimum atomic E-state index is 0.784. The second kappa shape index (κ2) is 7.11. The van der Waals surface area contributed by atoms with Gasteiger partial charge in [-0.15, -0.1) is 10.2 Å². The summed E-state index contributed by atoms with van der Waals surface area (Å²) in [4.78, 5) is 4.62. The van der Waals surface area contributed by atoms with Crippen LogP contribution in [0.25, 0.3) is 5.65 Å². The molecule has 126 valence electrons. The molecule has 4 rings (SSSR count). The summed E-state index contributed by atoms with van der Waals surface area (Å²) in [7, 11) is 2.03. The van der Waals surface area contributed by atoms with E-state index in [0.717, 1.165) is 40.9 Å². The number of hydrogen-bond donors (Lipinski definition) is 0. The molecule has 0 saturated heterocycles. The molecule has 0 fully saturated rings. The van der Waals surface area contributed by atoms with E-state index in [-0.39, 0.29) is 0 Å². The van der Waals surface area contributed by atoms with Crippen LogP contribution in [0.5, 0.6) is 0 Å². The first-order valence-electron chi connectivity index (χ1n) is 8.27. The first-order valence-corrected chi connectivity index (χ1v) is 9.26. The van der Waals surface area contributed by atoms with Gasteiger partial charge in [-0.1, -0.05) is 48.2 Å². The molecule has 0 spiro atoms. The van der Waals surface area contributed by atoms with E-state index in [1.54, 1.807) is 11.8 Å². The molecular weight excluding hydrogens is 330 g/mol. The minimum Gasteiger partial charge on any atom is -0.309 e. The van der Waals surface area contributed by atoms with Crippen molar-refractivity contribution in [3.8, 4) is 0 Å². The number of aromatic nitrogens is 5. The minimum absolute atomic E-state index is 0.784. The molecule has 0 aliphatic rings. The number of thioether (sulfide) groups is 1. The number of fused-ring (bicyclic) bond motifs is 1. The Morgan fingerprint density at radius 3 is 2.64 bits per heavy atom. The second-order valence-corrected chi connectivity index (χ2v) is 6.87. The molecule has 0 bridgehead atoms. The van der Waals surface area contributed by atoms with Crippen LogP contribution in [0.4, 0.5) is 0 Å². The summed E-state index contributed by atoms with van der Waals surface area (Å²) in [6.45, 7) is 0. The fraction of sp³-hybridized carbons (Fsp3) is 0.211. The number of imidazole rings is 1. The molecule has 3 aromatic heterocycles. The monoisotopic (exact) mass is 349 g/mol. The molecule has 3 heterocycles. The third-order valence-electron chi connectivity index (χ3n) is 4.17. The summed E-state index contributed by atoms with van der Waals surface area (Å²) in [6, 6.07) is 16.5. The predicted octanol–water partition coefficient (Wildman–Crippen LogP) is 3.54. The van der Waals surface area contributed by atoms with E-state index in [0.29, 0.717) is 0 Å². The van der Waals surface area contributed by atoms with Gasteiger partial charge in [0.1, 0.15) is 11.5 Å². The predicted molar refractivity (Wildman–Crippen MR) is 99.6 cm³/mol. The van der Waals surface area contributed by atoms with Gasteiger partial charge in [-0.3, -0.25) is 0 Å². The third-order valence-corrected chi connectivity index (χ3v) is 5.22. The molecule has 6 heteroatoms. The zero-order valence-electron chi connectivity index (χ0n) is 14.0. The van der Waals surface area contributed by atoms with Crippen LogP contribution in [0.2, 0.25) is 0 Å².